The van der Waals surface area contributed by atoms with Crippen LogP contribution in [0, 0.1) is 0 Å². The first-order valence-electron chi connectivity index (χ1n) is 9.13. The molecule has 0 aliphatic rings. The van der Waals surface area contributed by atoms with E-state index in [0.29, 0.717) is 13.1 Å². The van der Waals surface area contributed by atoms with Crippen LogP contribution in [0.25, 0.3) is 0 Å². The van der Waals surface area contributed by atoms with Crippen LogP contribution in [0.4, 0.5) is 18.9 Å². The maximum Gasteiger partial charge on any atom is 0.416 e. The number of likely N-dealkylation sites (N-methyl/N-ethyl adjacent to an activating group) is 1. The molecule has 2 aromatic carbocycles. The fraction of sp³-hybridized carbons (Fsp3) is 0.381. The predicted molar refractivity (Wildman–Crippen MR) is 105 cm³/mol. The number of anilines is 1. The second-order valence-corrected chi connectivity index (χ2v) is 6.83. The first-order chi connectivity index (χ1) is 13.3. The van der Waals surface area contributed by atoms with Crippen molar-refractivity contribution in [1.29, 1.82) is 0 Å². The van der Waals surface area contributed by atoms with Gasteiger partial charge in [-0.15, -0.1) is 0 Å². The van der Waals surface area contributed by atoms with Crippen molar-refractivity contribution in [3.05, 3.63) is 65.7 Å². The summed E-state index contributed by atoms with van der Waals surface area (Å²) < 4.78 is 37.7. The molecule has 28 heavy (non-hydrogen) atoms. The van der Waals surface area contributed by atoms with Gasteiger partial charge < -0.3 is 10.2 Å². The van der Waals surface area contributed by atoms with E-state index in [-0.39, 0.29) is 12.5 Å². The van der Waals surface area contributed by atoms with Gasteiger partial charge in [0.15, 0.2) is 0 Å². The summed E-state index contributed by atoms with van der Waals surface area (Å²) in [6, 6.07) is 15.0. The number of para-hydroxylation sites is 1. The molecule has 4 nitrogen and oxygen atoms in total. The molecule has 0 unspecified atom stereocenters. The summed E-state index contributed by atoms with van der Waals surface area (Å²) in [4.78, 5) is 15.9. The molecule has 1 N–H and O–H groups in total. The van der Waals surface area contributed by atoms with Crippen LogP contribution in [0.15, 0.2) is 54.6 Å². The average molecular weight is 393 g/mol. The number of halogens is 3. The summed E-state index contributed by atoms with van der Waals surface area (Å²) in [5.74, 6) is -0.100. The van der Waals surface area contributed by atoms with Crippen LogP contribution in [0.5, 0.6) is 0 Å². The van der Waals surface area contributed by atoms with E-state index >= 15 is 0 Å². The van der Waals surface area contributed by atoms with Crippen molar-refractivity contribution in [3.8, 4) is 0 Å². The first kappa shape index (κ1) is 21.8. The van der Waals surface area contributed by atoms with Crippen LogP contribution in [0.2, 0.25) is 0 Å². The third-order valence-electron chi connectivity index (χ3n) is 4.34. The summed E-state index contributed by atoms with van der Waals surface area (Å²) in [5.41, 5.74) is 1.19. The number of hydrogen-bond acceptors (Lipinski definition) is 3. The zero-order valence-electron chi connectivity index (χ0n) is 16.2. The predicted octanol–water partition coefficient (Wildman–Crippen LogP) is 3.78. The van der Waals surface area contributed by atoms with Crippen molar-refractivity contribution in [2.24, 2.45) is 0 Å². The van der Waals surface area contributed by atoms with Crippen LogP contribution < -0.4 is 10.2 Å². The summed E-state index contributed by atoms with van der Waals surface area (Å²) in [6.45, 7) is 1.99. The standard InChI is InChI=1S/C21H26F3N3O/c1-26(15-17-9-11-18(12-10-17)21(22,23)24)16-20(28)25-13-6-14-27(2)19-7-4-3-5-8-19/h3-5,7-12H,6,13-16H2,1-2H3,(H,25,28). The van der Waals surface area contributed by atoms with Gasteiger partial charge >= 0.3 is 6.18 Å². The van der Waals surface area contributed by atoms with Crippen LogP contribution >= 0.6 is 0 Å². The first-order valence-corrected chi connectivity index (χ1v) is 9.13. The molecule has 1 amide bonds. The Balaban J connectivity index is 1.67. The van der Waals surface area contributed by atoms with Crippen molar-refractivity contribution < 1.29 is 18.0 Å². The van der Waals surface area contributed by atoms with Crippen molar-refractivity contribution in [2.75, 3.05) is 38.6 Å². The number of carbonyl (C=O) groups excluding carboxylic acids is 1. The summed E-state index contributed by atoms with van der Waals surface area (Å²) >= 11 is 0. The highest BCUT2D eigenvalue weighted by molar-refractivity contribution is 5.77. The molecular weight excluding hydrogens is 367 g/mol. The fourth-order valence-corrected chi connectivity index (χ4v) is 2.82. The lowest BCUT2D eigenvalue weighted by molar-refractivity contribution is -0.137. The number of nitrogens with one attached hydrogen (secondary N) is 1. The molecular formula is C21H26F3N3O. The number of alkyl halides is 3. The highest BCUT2D eigenvalue weighted by Gasteiger charge is 2.29. The maximum atomic E-state index is 12.6. The Bertz CT molecular complexity index is 733. The third-order valence-corrected chi connectivity index (χ3v) is 4.34. The zero-order chi connectivity index (χ0) is 20.6. The Morgan fingerprint density at radius 2 is 1.64 bits per heavy atom. The molecule has 0 aromatic heterocycles. The molecule has 0 saturated heterocycles. The molecule has 0 aliphatic heterocycles. The second-order valence-electron chi connectivity index (χ2n) is 6.83. The Morgan fingerprint density at radius 3 is 2.25 bits per heavy atom. The van der Waals surface area contributed by atoms with E-state index in [1.807, 2.05) is 37.4 Å². The molecule has 0 aliphatic carbocycles. The Labute approximate surface area is 164 Å². The van der Waals surface area contributed by atoms with Gasteiger partial charge in [-0.05, 0) is 43.3 Å². The van der Waals surface area contributed by atoms with Crippen molar-refractivity contribution >= 4 is 11.6 Å². The molecule has 2 rings (SSSR count). The second kappa shape index (κ2) is 10.1. The molecule has 0 heterocycles. The van der Waals surface area contributed by atoms with Gasteiger partial charge in [0.2, 0.25) is 5.91 Å². The summed E-state index contributed by atoms with van der Waals surface area (Å²) in [5, 5.41) is 2.88. The fourth-order valence-electron chi connectivity index (χ4n) is 2.82. The quantitative estimate of drug-likeness (QED) is 0.659. The summed E-state index contributed by atoms with van der Waals surface area (Å²) in [6.07, 6.45) is -3.52. The lowest BCUT2D eigenvalue weighted by Gasteiger charge is -2.20. The largest absolute Gasteiger partial charge is 0.416 e. The minimum absolute atomic E-state index is 0.100. The molecule has 7 heteroatoms. The van der Waals surface area contributed by atoms with E-state index in [4.69, 9.17) is 0 Å². The van der Waals surface area contributed by atoms with E-state index in [9.17, 15) is 18.0 Å². The molecule has 0 saturated carbocycles. The van der Waals surface area contributed by atoms with E-state index < -0.39 is 11.7 Å². The van der Waals surface area contributed by atoms with Crippen LogP contribution in [-0.2, 0) is 17.5 Å². The highest BCUT2D eigenvalue weighted by Crippen LogP contribution is 2.29. The molecule has 2 aromatic rings. The number of carbonyl (C=O) groups is 1. The van der Waals surface area contributed by atoms with Crippen molar-refractivity contribution in [3.63, 3.8) is 0 Å². The number of benzene rings is 2. The van der Waals surface area contributed by atoms with Gasteiger partial charge in [-0.25, -0.2) is 0 Å². The van der Waals surface area contributed by atoms with Crippen molar-refractivity contribution in [1.82, 2.24) is 10.2 Å². The van der Waals surface area contributed by atoms with Gasteiger partial charge in [-0.3, -0.25) is 9.69 Å². The Morgan fingerprint density at radius 1 is 1.00 bits per heavy atom. The van der Waals surface area contributed by atoms with Crippen molar-refractivity contribution in [2.45, 2.75) is 19.1 Å². The molecule has 0 fully saturated rings. The van der Waals surface area contributed by atoms with E-state index in [2.05, 4.69) is 10.2 Å². The summed E-state index contributed by atoms with van der Waals surface area (Å²) in [7, 11) is 3.77. The van der Waals surface area contributed by atoms with E-state index in [0.717, 1.165) is 36.3 Å². The van der Waals surface area contributed by atoms with Gasteiger partial charge in [0.1, 0.15) is 0 Å². The topological polar surface area (TPSA) is 35.6 Å². The van der Waals surface area contributed by atoms with E-state index in [1.54, 1.807) is 11.9 Å². The Kier molecular flexibility index (Phi) is 7.87. The number of hydrogen-bond donors (Lipinski definition) is 1. The van der Waals surface area contributed by atoms with E-state index in [1.165, 1.54) is 12.1 Å². The van der Waals surface area contributed by atoms with Gasteiger partial charge in [-0.2, -0.15) is 13.2 Å². The number of amides is 1. The van der Waals surface area contributed by atoms with Gasteiger partial charge in [0.25, 0.3) is 0 Å². The minimum atomic E-state index is -4.33. The van der Waals surface area contributed by atoms with Gasteiger partial charge in [0, 0.05) is 32.4 Å². The maximum absolute atomic E-state index is 12.6. The monoisotopic (exact) mass is 393 g/mol. The average Bonchev–Trinajstić information content (AvgIpc) is 2.65. The third kappa shape index (κ3) is 7.23. The molecule has 0 spiro atoms. The molecule has 0 radical (unpaired) electrons. The Hall–Kier alpha value is -2.54. The van der Waals surface area contributed by atoms with Crippen LogP contribution in [0.1, 0.15) is 17.5 Å². The highest BCUT2D eigenvalue weighted by atomic mass is 19.4. The SMILES string of the molecule is CN(CC(=O)NCCCN(C)c1ccccc1)Cc1ccc(C(F)(F)F)cc1. The van der Waals surface area contributed by atoms with Gasteiger partial charge in [-0.1, -0.05) is 30.3 Å². The molecule has 0 bridgehead atoms. The lowest BCUT2D eigenvalue weighted by Crippen LogP contribution is -2.36. The van der Waals surface area contributed by atoms with Crippen LogP contribution in [-0.4, -0.2) is 44.5 Å². The number of nitrogens with zero attached hydrogens (tertiary/aromatic N) is 2. The van der Waals surface area contributed by atoms with Crippen LogP contribution in [0.3, 0.4) is 0 Å². The molecule has 0 atom stereocenters. The smallest absolute Gasteiger partial charge is 0.375 e. The van der Waals surface area contributed by atoms with Gasteiger partial charge in [0.05, 0.1) is 12.1 Å². The lowest BCUT2D eigenvalue weighted by atomic mass is 10.1. The number of rotatable bonds is 9. The molecule has 152 valence electrons. The normalized spacial score (nSPS) is 11.5. The minimum Gasteiger partial charge on any atom is -0.375 e. The zero-order valence-corrected chi connectivity index (χ0v) is 16.2.